The van der Waals surface area contributed by atoms with Crippen molar-refractivity contribution in [1.29, 1.82) is 0 Å². The number of nitrogens with one attached hydrogen (secondary N) is 1. The summed E-state index contributed by atoms with van der Waals surface area (Å²) in [7, 11) is 0. The first-order valence-electron chi connectivity index (χ1n) is 10.7. The number of aromatic nitrogens is 3. The molecule has 7 heteroatoms. The number of benzene rings is 2. The number of fused-ring (bicyclic) bond motifs is 1. The second kappa shape index (κ2) is 7.20. The molecular formula is C25H26N4O3. The molecule has 1 atom stereocenters. The first-order valence-corrected chi connectivity index (χ1v) is 10.7. The van der Waals surface area contributed by atoms with E-state index in [4.69, 9.17) is 4.52 Å². The Balaban J connectivity index is 1.64. The molecule has 0 bridgehead atoms. The third-order valence-corrected chi connectivity index (χ3v) is 6.43. The van der Waals surface area contributed by atoms with Gasteiger partial charge >= 0.3 is 0 Å². The Morgan fingerprint density at radius 1 is 0.969 bits per heavy atom. The van der Waals surface area contributed by atoms with Gasteiger partial charge in [0, 0.05) is 42.0 Å². The van der Waals surface area contributed by atoms with Gasteiger partial charge in [-0.1, -0.05) is 48.5 Å². The van der Waals surface area contributed by atoms with Gasteiger partial charge in [-0.15, -0.1) is 0 Å². The van der Waals surface area contributed by atoms with E-state index in [-0.39, 0.29) is 5.89 Å². The SMILES string of the molecule is CC(C)(O)c1nc(-c2cncc([C@@](O)(c3ccc4ccccc4c3)C3(C)CNC3)c2)no1. The molecule has 1 aliphatic rings. The van der Waals surface area contributed by atoms with E-state index in [0.717, 1.165) is 16.3 Å². The third-order valence-electron chi connectivity index (χ3n) is 6.43. The molecule has 1 aliphatic heterocycles. The van der Waals surface area contributed by atoms with Crippen molar-refractivity contribution >= 4 is 10.8 Å². The van der Waals surface area contributed by atoms with Crippen LogP contribution >= 0.6 is 0 Å². The van der Waals surface area contributed by atoms with Gasteiger partial charge in [-0.25, -0.2) is 0 Å². The Morgan fingerprint density at radius 2 is 1.72 bits per heavy atom. The van der Waals surface area contributed by atoms with Gasteiger partial charge < -0.3 is 20.1 Å². The maximum atomic E-state index is 12.3. The average molecular weight is 431 g/mol. The first-order chi connectivity index (χ1) is 15.2. The van der Waals surface area contributed by atoms with Crippen LogP contribution in [-0.2, 0) is 11.2 Å². The zero-order chi connectivity index (χ0) is 22.6. The van der Waals surface area contributed by atoms with E-state index in [1.807, 2.05) is 42.5 Å². The predicted molar refractivity (Wildman–Crippen MR) is 121 cm³/mol. The molecule has 2 aromatic heterocycles. The molecule has 4 aromatic rings. The monoisotopic (exact) mass is 430 g/mol. The van der Waals surface area contributed by atoms with Crippen LogP contribution in [0.3, 0.4) is 0 Å². The summed E-state index contributed by atoms with van der Waals surface area (Å²) in [6.45, 7) is 6.59. The predicted octanol–water partition coefficient (Wildman–Crippen LogP) is 3.36. The van der Waals surface area contributed by atoms with Gasteiger partial charge in [-0.05, 0) is 42.3 Å². The standard InChI is InChI=1S/C25H26N4O3/c1-23(2,30)22-28-21(29-32-22)18-11-20(13-26-12-18)25(31,24(3)14-27-15-24)19-9-8-16-6-4-5-7-17(16)10-19/h4-13,27,30-31H,14-15H2,1-3H3/t25-/m0/s1. The van der Waals surface area contributed by atoms with Crippen molar-refractivity contribution in [2.45, 2.75) is 32.0 Å². The molecule has 3 heterocycles. The third kappa shape index (κ3) is 3.21. The highest BCUT2D eigenvalue weighted by Gasteiger charge is 2.53. The molecule has 7 nitrogen and oxygen atoms in total. The highest BCUT2D eigenvalue weighted by molar-refractivity contribution is 5.83. The summed E-state index contributed by atoms with van der Waals surface area (Å²) in [5, 5.41) is 32.0. The highest BCUT2D eigenvalue weighted by atomic mass is 16.5. The highest BCUT2D eigenvalue weighted by Crippen LogP contribution is 2.48. The lowest BCUT2D eigenvalue weighted by molar-refractivity contribution is -0.0768. The second-order valence-electron chi connectivity index (χ2n) is 9.38. The van der Waals surface area contributed by atoms with Crippen molar-refractivity contribution in [3.8, 4) is 11.4 Å². The number of nitrogens with zero attached hydrogens (tertiary/aromatic N) is 3. The summed E-state index contributed by atoms with van der Waals surface area (Å²) in [4.78, 5) is 8.72. The summed E-state index contributed by atoms with van der Waals surface area (Å²) in [5.74, 6) is 0.437. The maximum absolute atomic E-state index is 12.3. The first kappa shape index (κ1) is 20.8. The lowest BCUT2D eigenvalue weighted by Gasteiger charge is -2.52. The van der Waals surface area contributed by atoms with Crippen LogP contribution in [0, 0.1) is 5.41 Å². The average Bonchev–Trinajstić information content (AvgIpc) is 3.28. The van der Waals surface area contributed by atoms with Crippen molar-refractivity contribution in [3.63, 3.8) is 0 Å². The molecule has 1 fully saturated rings. The van der Waals surface area contributed by atoms with Gasteiger partial charge in [-0.3, -0.25) is 4.98 Å². The molecule has 2 aromatic carbocycles. The Bertz CT molecular complexity index is 1290. The van der Waals surface area contributed by atoms with Crippen LogP contribution in [0.4, 0.5) is 0 Å². The summed E-state index contributed by atoms with van der Waals surface area (Å²) >= 11 is 0. The zero-order valence-corrected chi connectivity index (χ0v) is 18.3. The van der Waals surface area contributed by atoms with Crippen LogP contribution < -0.4 is 5.32 Å². The minimum atomic E-state index is -1.28. The zero-order valence-electron chi connectivity index (χ0n) is 18.3. The quantitative estimate of drug-likeness (QED) is 0.446. The molecule has 0 amide bonds. The van der Waals surface area contributed by atoms with Gasteiger partial charge in [0.2, 0.25) is 5.82 Å². The van der Waals surface area contributed by atoms with Crippen molar-refractivity contribution < 1.29 is 14.7 Å². The fourth-order valence-electron chi connectivity index (χ4n) is 4.38. The van der Waals surface area contributed by atoms with E-state index in [9.17, 15) is 10.2 Å². The van der Waals surface area contributed by atoms with Gasteiger partial charge in [0.05, 0.1) is 0 Å². The molecule has 0 spiro atoms. The van der Waals surface area contributed by atoms with E-state index < -0.39 is 16.6 Å². The molecule has 164 valence electrons. The molecule has 3 N–H and O–H groups in total. The Kier molecular flexibility index (Phi) is 4.67. The minimum Gasteiger partial charge on any atom is -0.381 e. The molecule has 1 saturated heterocycles. The van der Waals surface area contributed by atoms with Crippen molar-refractivity contribution in [2.24, 2.45) is 5.41 Å². The van der Waals surface area contributed by atoms with Gasteiger partial charge in [0.25, 0.3) is 5.89 Å². The summed E-state index contributed by atoms with van der Waals surface area (Å²) in [6.07, 6.45) is 3.32. The van der Waals surface area contributed by atoms with Crippen LogP contribution in [0.15, 0.2) is 65.4 Å². The molecular weight excluding hydrogens is 404 g/mol. The molecule has 0 aliphatic carbocycles. The largest absolute Gasteiger partial charge is 0.381 e. The molecule has 0 saturated carbocycles. The van der Waals surface area contributed by atoms with Crippen LogP contribution in [0.25, 0.3) is 22.2 Å². The molecule has 0 unspecified atom stereocenters. The minimum absolute atomic E-state index is 0.123. The van der Waals surface area contributed by atoms with Crippen molar-refractivity contribution in [1.82, 2.24) is 20.4 Å². The molecule has 32 heavy (non-hydrogen) atoms. The topological polar surface area (TPSA) is 104 Å². The number of pyridine rings is 1. The maximum Gasteiger partial charge on any atom is 0.258 e. The number of aliphatic hydroxyl groups is 2. The fourth-order valence-corrected chi connectivity index (χ4v) is 4.38. The summed E-state index contributed by atoms with van der Waals surface area (Å²) < 4.78 is 5.23. The van der Waals surface area contributed by atoms with Crippen LogP contribution in [0.1, 0.15) is 37.8 Å². The lowest BCUT2D eigenvalue weighted by Crippen LogP contribution is -2.63. The van der Waals surface area contributed by atoms with Crippen molar-refractivity contribution in [3.05, 3.63) is 77.9 Å². The molecule has 5 rings (SSSR count). The van der Waals surface area contributed by atoms with E-state index in [1.54, 1.807) is 26.2 Å². The van der Waals surface area contributed by atoms with Crippen molar-refractivity contribution in [2.75, 3.05) is 13.1 Å². The number of rotatable bonds is 5. The van der Waals surface area contributed by atoms with Gasteiger partial charge in [-0.2, -0.15) is 4.98 Å². The number of hydrogen-bond donors (Lipinski definition) is 3. The van der Waals surface area contributed by atoms with E-state index >= 15 is 0 Å². The Morgan fingerprint density at radius 3 is 2.38 bits per heavy atom. The summed E-state index contributed by atoms with van der Waals surface area (Å²) in [6, 6.07) is 16.0. The molecule has 0 radical (unpaired) electrons. The van der Waals surface area contributed by atoms with E-state index in [0.29, 0.717) is 30.0 Å². The van der Waals surface area contributed by atoms with Gasteiger partial charge in [0.1, 0.15) is 11.2 Å². The van der Waals surface area contributed by atoms with Crippen LogP contribution in [-0.4, -0.2) is 38.4 Å². The second-order valence-corrected chi connectivity index (χ2v) is 9.38. The Hall–Kier alpha value is -3.13. The van der Waals surface area contributed by atoms with E-state index in [2.05, 4.69) is 33.4 Å². The van der Waals surface area contributed by atoms with Crippen LogP contribution in [0.2, 0.25) is 0 Å². The van der Waals surface area contributed by atoms with E-state index in [1.165, 1.54) is 0 Å². The van der Waals surface area contributed by atoms with Gasteiger partial charge in [0.15, 0.2) is 0 Å². The normalized spacial score (nSPS) is 17.7. The Labute approximate surface area is 186 Å². The fraction of sp³-hybridized carbons (Fsp3) is 0.320. The van der Waals surface area contributed by atoms with Crippen LogP contribution in [0.5, 0.6) is 0 Å². The summed E-state index contributed by atoms with van der Waals surface area (Å²) in [5.41, 5.74) is -0.878. The number of hydrogen-bond acceptors (Lipinski definition) is 7. The smallest absolute Gasteiger partial charge is 0.258 e. The lowest BCUT2D eigenvalue weighted by atomic mass is 9.62.